The second-order valence-corrected chi connectivity index (χ2v) is 4.66. The quantitative estimate of drug-likeness (QED) is 0.662. The highest BCUT2D eigenvalue weighted by Crippen LogP contribution is 2.54. The molecule has 2 rings (SSSR count). The molecule has 0 atom stereocenters. The second kappa shape index (κ2) is 3.47. The van der Waals surface area contributed by atoms with E-state index >= 15 is 0 Å². The van der Waals surface area contributed by atoms with E-state index in [4.69, 9.17) is 0 Å². The van der Waals surface area contributed by atoms with Crippen LogP contribution in [-0.2, 0) is 10.3 Å². The monoisotopic (exact) mass is 267 g/mol. The summed E-state index contributed by atoms with van der Waals surface area (Å²) in [6.45, 7) is 1.90. The van der Waals surface area contributed by atoms with Crippen LogP contribution >= 0.6 is 15.9 Å². The van der Waals surface area contributed by atoms with Gasteiger partial charge in [-0.3, -0.25) is 0 Å². The molecule has 0 heterocycles. The summed E-state index contributed by atoms with van der Waals surface area (Å²) in [6.07, 6.45) is 3.19. The second-order valence-electron chi connectivity index (χ2n) is 3.80. The van der Waals surface area contributed by atoms with Crippen molar-refractivity contribution >= 4 is 22.0 Å². The molecule has 1 N–H and O–H groups in total. The number of phenols is 1. The zero-order valence-electron chi connectivity index (χ0n) is 8.25. The highest BCUT2D eigenvalue weighted by atomic mass is 79.9. The van der Waals surface area contributed by atoms with Crippen LogP contribution in [0.15, 0.2) is 21.6 Å². The summed E-state index contributed by atoms with van der Waals surface area (Å²) < 4.78 is 0.919. The zero-order valence-corrected chi connectivity index (χ0v) is 9.84. The van der Waals surface area contributed by atoms with Crippen molar-refractivity contribution in [3.63, 3.8) is 0 Å². The first-order valence-electron chi connectivity index (χ1n) is 4.68. The maximum Gasteiger partial charge on any atom is 0.235 e. The zero-order chi connectivity index (χ0) is 11.1. The molecule has 78 valence electrons. The Bertz CT molecular complexity index is 460. The Labute approximate surface area is 96.0 Å². The molecule has 0 radical (unpaired) electrons. The van der Waals surface area contributed by atoms with Gasteiger partial charge in [-0.25, -0.2) is 4.79 Å². The van der Waals surface area contributed by atoms with Crippen LogP contribution in [0.1, 0.15) is 24.0 Å². The van der Waals surface area contributed by atoms with Crippen molar-refractivity contribution in [2.45, 2.75) is 25.3 Å². The van der Waals surface area contributed by atoms with Crippen LogP contribution in [0.4, 0.5) is 0 Å². The first kappa shape index (κ1) is 10.4. The molecule has 1 aromatic rings. The number of isocyanates is 1. The largest absolute Gasteiger partial charge is 0.508 e. The molecule has 3 nitrogen and oxygen atoms in total. The van der Waals surface area contributed by atoms with E-state index in [0.717, 1.165) is 28.4 Å². The van der Waals surface area contributed by atoms with Gasteiger partial charge in [-0.1, -0.05) is 15.9 Å². The van der Waals surface area contributed by atoms with Gasteiger partial charge in [0, 0.05) is 10.0 Å². The average molecular weight is 268 g/mol. The van der Waals surface area contributed by atoms with Crippen molar-refractivity contribution < 1.29 is 9.90 Å². The molecular formula is C11H10BrNO2. The van der Waals surface area contributed by atoms with Crippen molar-refractivity contribution in [3.8, 4) is 5.75 Å². The standard InChI is InChI=1S/C11H10BrNO2/c1-7-8(12)2-3-9(15)10(7)11(4-5-11)13-6-14/h2-3,15H,4-5H2,1H3. The lowest BCUT2D eigenvalue weighted by Crippen LogP contribution is -2.05. The summed E-state index contributed by atoms with van der Waals surface area (Å²) in [4.78, 5) is 14.2. The van der Waals surface area contributed by atoms with Gasteiger partial charge in [0.15, 0.2) is 0 Å². The molecule has 0 unspecified atom stereocenters. The van der Waals surface area contributed by atoms with E-state index in [1.165, 1.54) is 0 Å². The first-order chi connectivity index (χ1) is 7.10. The molecule has 0 aromatic heterocycles. The summed E-state index contributed by atoms with van der Waals surface area (Å²) in [5, 5.41) is 9.81. The van der Waals surface area contributed by atoms with Gasteiger partial charge in [0.05, 0.1) is 0 Å². The summed E-state index contributed by atoms with van der Waals surface area (Å²) in [5.74, 6) is 0.201. The third-order valence-electron chi connectivity index (χ3n) is 2.83. The fraction of sp³-hybridized carbons (Fsp3) is 0.364. The molecule has 1 aliphatic carbocycles. The average Bonchev–Trinajstić information content (AvgIpc) is 2.94. The maximum absolute atomic E-state index is 10.4. The Morgan fingerprint density at radius 1 is 1.53 bits per heavy atom. The molecule has 1 saturated carbocycles. The van der Waals surface area contributed by atoms with Crippen LogP contribution in [0.3, 0.4) is 0 Å². The minimum atomic E-state index is -0.514. The van der Waals surface area contributed by atoms with E-state index < -0.39 is 5.54 Å². The van der Waals surface area contributed by atoms with Crippen molar-refractivity contribution in [1.82, 2.24) is 0 Å². The predicted octanol–water partition coefficient (Wildman–Crippen LogP) is 2.79. The van der Waals surface area contributed by atoms with E-state index in [9.17, 15) is 9.90 Å². The van der Waals surface area contributed by atoms with Gasteiger partial charge in [0.1, 0.15) is 11.3 Å². The van der Waals surface area contributed by atoms with Crippen molar-refractivity contribution in [3.05, 3.63) is 27.7 Å². The Hall–Kier alpha value is -1.12. The van der Waals surface area contributed by atoms with Gasteiger partial charge < -0.3 is 5.11 Å². The Balaban J connectivity index is 2.62. The summed E-state index contributed by atoms with van der Waals surface area (Å²) in [6, 6.07) is 3.40. The van der Waals surface area contributed by atoms with E-state index in [0.29, 0.717) is 0 Å². The topological polar surface area (TPSA) is 49.7 Å². The maximum atomic E-state index is 10.4. The Kier molecular flexibility index (Phi) is 2.41. The number of aromatic hydroxyl groups is 1. The molecule has 0 saturated heterocycles. The molecule has 0 aliphatic heterocycles. The molecule has 1 fully saturated rings. The highest BCUT2D eigenvalue weighted by Gasteiger charge is 2.47. The Morgan fingerprint density at radius 2 is 2.20 bits per heavy atom. The lowest BCUT2D eigenvalue weighted by molar-refractivity contribution is 0.458. The van der Waals surface area contributed by atoms with Gasteiger partial charge >= 0.3 is 0 Å². The van der Waals surface area contributed by atoms with Crippen molar-refractivity contribution in [2.24, 2.45) is 4.99 Å². The van der Waals surface area contributed by atoms with Crippen LogP contribution in [-0.4, -0.2) is 11.2 Å². The lowest BCUT2D eigenvalue weighted by atomic mass is 9.98. The fourth-order valence-electron chi connectivity index (χ4n) is 1.88. The molecule has 4 heteroatoms. The third-order valence-corrected chi connectivity index (χ3v) is 3.68. The van der Waals surface area contributed by atoms with Gasteiger partial charge in [-0.2, -0.15) is 4.99 Å². The lowest BCUT2D eigenvalue weighted by Gasteiger charge is -2.14. The first-order valence-corrected chi connectivity index (χ1v) is 5.47. The number of halogens is 1. The van der Waals surface area contributed by atoms with Crippen LogP contribution in [0.5, 0.6) is 5.75 Å². The Morgan fingerprint density at radius 3 is 2.73 bits per heavy atom. The van der Waals surface area contributed by atoms with E-state index in [-0.39, 0.29) is 5.75 Å². The number of rotatable bonds is 2. The summed E-state index contributed by atoms with van der Waals surface area (Å²) in [5.41, 5.74) is 1.17. The number of phenolic OH excluding ortho intramolecular Hbond substituents is 1. The van der Waals surface area contributed by atoms with Crippen LogP contribution in [0.25, 0.3) is 0 Å². The smallest absolute Gasteiger partial charge is 0.235 e. The number of hydrogen-bond acceptors (Lipinski definition) is 3. The molecular weight excluding hydrogens is 258 g/mol. The highest BCUT2D eigenvalue weighted by molar-refractivity contribution is 9.10. The molecule has 0 bridgehead atoms. The molecule has 15 heavy (non-hydrogen) atoms. The number of benzene rings is 1. The number of carbonyl (C=O) groups excluding carboxylic acids is 1. The van der Waals surface area contributed by atoms with Gasteiger partial charge in [-0.15, -0.1) is 0 Å². The number of aliphatic imine (C=N–C) groups is 1. The summed E-state index contributed by atoms with van der Waals surface area (Å²) in [7, 11) is 0. The van der Waals surface area contributed by atoms with E-state index in [2.05, 4.69) is 20.9 Å². The molecule has 1 aliphatic rings. The molecule has 1 aromatic carbocycles. The number of nitrogens with zero attached hydrogens (tertiary/aromatic N) is 1. The fourth-order valence-corrected chi connectivity index (χ4v) is 2.21. The normalized spacial score (nSPS) is 16.9. The van der Waals surface area contributed by atoms with E-state index in [1.54, 1.807) is 18.2 Å². The molecule has 0 spiro atoms. The van der Waals surface area contributed by atoms with Crippen molar-refractivity contribution in [2.75, 3.05) is 0 Å². The predicted molar refractivity (Wildman–Crippen MR) is 59.6 cm³/mol. The SMILES string of the molecule is Cc1c(Br)ccc(O)c1C1(N=C=O)CC1. The van der Waals surface area contributed by atoms with Crippen LogP contribution in [0.2, 0.25) is 0 Å². The van der Waals surface area contributed by atoms with Crippen molar-refractivity contribution in [1.29, 1.82) is 0 Å². The van der Waals surface area contributed by atoms with Gasteiger partial charge in [0.2, 0.25) is 6.08 Å². The summed E-state index contributed by atoms with van der Waals surface area (Å²) >= 11 is 3.40. The van der Waals surface area contributed by atoms with Gasteiger partial charge in [0.25, 0.3) is 0 Å². The minimum Gasteiger partial charge on any atom is -0.508 e. The van der Waals surface area contributed by atoms with Crippen LogP contribution in [0, 0.1) is 6.92 Å². The minimum absolute atomic E-state index is 0.201. The number of hydrogen-bond donors (Lipinski definition) is 1. The molecule has 0 amide bonds. The van der Waals surface area contributed by atoms with Gasteiger partial charge in [-0.05, 0) is 37.5 Å². The third kappa shape index (κ3) is 1.60. The van der Waals surface area contributed by atoms with E-state index in [1.807, 2.05) is 6.92 Å². The van der Waals surface area contributed by atoms with Crippen LogP contribution < -0.4 is 0 Å².